The van der Waals surface area contributed by atoms with E-state index in [0.717, 1.165) is 29.3 Å². The van der Waals surface area contributed by atoms with Gasteiger partial charge in [0.05, 0.1) is 5.02 Å². The summed E-state index contributed by atoms with van der Waals surface area (Å²) in [6.45, 7) is 3.32. The summed E-state index contributed by atoms with van der Waals surface area (Å²) in [7, 11) is 0. The van der Waals surface area contributed by atoms with E-state index >= 15 is 0 Å². The lowest BCUT2D eigenvalue weighted by Gasteiger charge is -2.30. The minimum absolute atomic E-state index is 0.118. The second-order valence-corrected chi connectivity index (χ2v) is 8.86. The van der Waals surface area contributed by atoms with E-state index in [9.17, 15) is 14.4 Å². The molecule has 0 spiro atoms. The molecule has 1 aromatic heterocycles. The average Bonchev–Trinajstić information content (AvgIpc) is 3.05. The van der Waals surface area contributed by atoms with Crippen LogP contribution in [0, 0.1) is 5.92 Å². The van der Waals surface area contributed by atoms with E-state index in [1.807, 2.05) is 24.3 Å². The molecule has 2 aromatic rings. The Morgan fingerprint density at radius 3 is 2.69 bits per heavy atom. The third-order valence-electron chi connectivity index (χ3n) is 5.25. The Bertz CT molecular complexity index is 913. The highest BCUT2D eigenvalue weighted by molar-refractivity contribution is 7.21. The van der Waals surface area contributed by atoms with Crippen molar-refractivity contribution in [1.29, 1.82) is 0 Å². The Kier molecular flexibility index (Phi) is 7.14. The molecule has 0 unspecified atom stereocenters. The molecule has 2 N–H and O–H groups in total. The van der Waals surface area contributed by atoms with Crippen LogP contribution < -0.4 is 10.6 Å². The van der Waals surface area contributed by atoms with Gasteiger partial charge >= 0.3 is 5.97 Å². The Morgan fingerprint density at radius 2 is 1.97 bits per heavy atom. The van der Waals surface area contributed by atoms with Crippen LogP contribution in [-0.2, 0) is 14.3 Å². The van der Waals surface area contributed by atoms with Crippen molar-refractivity contribution in [1.82, 2.24) is 10.6 Å². The van der Waals surface area contributed by atoms with Crippen LogP contribution in [0.2, 0.25) is 5.02 Å². The van der Waals surface area contributed by atoms with Crippen molar-refractivity contribution in [2.45, 2.75) is 51.7 Å². The molecule has 1 saturated carbocycles. The number of halogens is 1. The molecule has 1 fully saturated rings. The summed E-state index contributed by atoms with van der Waals surface area (Å²) in [4.78, 5) is 37.1. The lowest BCUT2D eigenvalue weighted by atomic mass is 9.86. The second-order valence-electron chi connectivity index (χ2n) is 7.43. The van der Waals surface area contributed by atoms with Crippen molar-refractivity contribution in [3.05, 3.63) is 34.2 Å². The summed E-state index contributed by atoms with van der Waals surface area (Å²) in [6.07, 6.45) is 3.39. The van der Waals surface area contributed by atoms with Crippen LogP contribution in [0.1, 0.15) is 49.2 Å². The fourth-order valence-corrected chi connectivity index (χ4v) is 4.95. The molecule has 3 rings (SSSR count). The first-order valence-corrected chi connectivity index (χ1v) is 11.0. The summed E-state index contributed by atoms with van der Waals surface area (Å²) in [5.74, 6) is -1.01. The van der Waals surface area contributed by atoms with Crippen molar-refractivity contribution in [2.24, 2.45) is 5.92 Å². The maximum absolute atomic E-state index is 12.4. The molecule has 156 valence electrons. The Labute approximate surface area is 178 Å². The lowest BCUT2D eigenvalue weighted by Crippen LogP contribution is -2.46. The van der Waals surface area contributed by atoms with Crippen molar-refractivity contribution >= 4 is 50.8 Å². The van der Waals surface area contributed by atoms with Crippen LogP contribution in [0.15, 0.2) is 24.3 Å². The van der Waals surface area contributed by atoms with E-state index in [-0.39, 0.29) is 18.5 Å². The second kappa shape index (κ2) is 9.59. The van der Waals surface area contributed by atoms with E-state index in [4.69, 9.17) is 16.3 Å². The first kappa shape index (κ1) is 21.6. The van der Waals surface area contributed by atoms with Crippen molar-refractivity contribution in [2.75, 3.05) is 6.54 Å². The number of hydrogen-bond acceptors (Lipinski definition) is 5. The number of fused-ring (bicyclic) bond motifs is 1. The number of thiophene rings is 1. The average molecular weight is 437 g/mol. The molecule has 0 saturated heterocycles. The SMILES string of the molecule is C[C@H](OC(=O)CNC(=O)c1sc2ccccc2c1Cl)C(=O)N[C@@H]1CCCC[C@@H]1C. The number of carbonyl (C=O) groups excluding carboxylic acids is 3. The molecule has 29 heavy (non-hydrogen) atoms. The van der Waals surface area contributed by atoms with Gasteiger partial charge in [-0.2, -0.15) is 0 Å². The van der Waals surface area contributed by atoms with E-state index < -0.39 is 18.0 Å². The van der Waals surface area contributed by atoms with Crippen molar-refractivity contribution in [3.63, 3.8) is 0 Å². The standard InChI is InChI=1S/C21H25ClN2O4S/c1-12-7-3-5-9-15(12)24-20(26)13(2)28-17(25)11-23-21(27)19-18(22)14-8-4-6-10-16(14)29-19/h4,6,8,10,12-13,15H,3,5,7,9,11H2,1-2H3,(H,23,27)(H,24,26)/t12-,13-,15+/m0/s1. The third kappa shape index (κ3) is 5.28. The van der Waals surface area contributed by atoms with E-state index in [1.165, 1.54) is 24.7 Å². The summed E-state index contributed by atoms with van der Waals surface area (Å²) in [5, 5.41) is 6.65. The highest BCUT2D eigenvalue weighted by Crippen LogP contribution is 2.34. The number of carbonyl (C=O) groups is 3. The van der Waals surface area contributed by atoms with Gasteiger partial charge in [-0.3, -0.25) is 14.4 Å². The topological polar surface area (TPSA) is 84.5 Å². The zero-order valence-corrected chi connectivity index (χ0v) is 18.1. The highest BCUT2D eigenvalue weighted by atomic mass is 35.5. The zero-order valence-electron chi connectivity index (χ0n) is 16.5. The fourth-order valence-electron chi connectivity index (χ4n) is 3.52. The molecular formula is C21H25ClN2O4S. The quantitative estimate of drug-likeness (QED) is 0.672. The van der Waals surface area contributed by atoms with Gasteiger partial charge in [-0.05, 0) is 31.7 Å². The predicted molar refractivity (Wildman–Crippen MR) is 114 cm³/mol. The first-order chi connectivity index (χ1) is 13.9. The summed E-state index contributed by atoms with van der Waals surface area (Å²) >= 11 is 7.54. The maximum Gasteiger partial charge on any atom is 0.326 e. The minimum Gasteiger partial charge on any atom is -0.451 e. The lowest BCUT2D eigenvalue weighted by molar-refractivity contribution is -0.154. The predicted octanol–water partition coefficient (Wildman–Crippen LogP) is 3.91. The largest absolute Gasteiger partial charge is 0.451 e. The van der Waals surface area contributed by atoms with Gasteiger partial charge in [-0.1, -0.05) is 49.6 Å². The summed E-state index contributed by atoms with van der Waals surface area (Å²) < 4.78 is 6.06. The van der Waals surface area contributed by atoms with Gasteiger partial charge in [0.25, 0.3) is 11.8 Å². The maximum atomic E-state index is 12.4. The minimum atomic E-state index is -0.915. The number of nitrogens with one attached hydrogen (secondary N) is 2. The molecule has 1 aromatic carbocycles. The van der Waals surface area contributed by atoms with E-state index in [1.54, 1.807) is 0 Å². The van der Waals surface area contributed by atoms with Crippen molar-refractivity contribution < 1.29 is 19.1 Å². The van der Waals surface area contributed by atoms with Gasteiger partial charge in [-0.25, -0.2) is 0 Å². The van der Waals surface area contributed by atoms with E-state index in [0.29, 0.717) is 15.8 Å². The van der Waals surface area contributed by atoms with Crippen LogP contribution in [0.25, 0.3) is 10.1 Å². The number of hydrogen-bond donors (Lipinski definition) is 2. The molecule has 3 atom stereocenters. The first-order valence-electron chi connectivity index (χ1n) is 9.82. The van der Waals surface area contributed by atoms with Gasteiger partial charge in [0.1, 0.15) is 11.4 Å². The number of amides is 2. The van der Waals surface area contributed by atoms with Crippen LogP contribution in [0.3, 0.4) is 0 Å². The van der Waals surface area contributed by atoms with Crippen LogP contribution in [0.4, 0.5) is 0 Å². The normalized spacial score (nSPS) is 20.1. The van der Waals surface area contributed by atoms with Gasteiger partial charge < -0.3 is 15.4 Å². The van der Waals surface area contributed by atoms with Crippen molar-refractivity contribution in [3.8, 4) is 0 Å². The molecule has 1 aliphatic carbocycles. The van der Waals surface area contributed by atoms with Crippen LogP contribution in [-0.4, -0.2) is 36.5 Å². The molecule has 0 radical (unpaired) electrons. The smallest absolute Gasteiger partial charge is 0.326 e. The van der Waals surface area contributed by atoms with Gasteiger partial charge in [0, 0.05) is 16.1 Å². The Balaban J connectivity index is 1.49. The van der Waals surface area contributed by atoms with Gasteiger partial charge in [0.15, 0.2) is 6.10 Å². The molecule has 8 heteroatoms. The van der Waals surface area contributed by atoms with E-state index in [2.05, 4.69) is 17.6 Å². The number of esters is 1. The third-order valence-corrected chi connectivity index (χ3v) is 6.93. The molecule has 2 amide bonds. The number of benzene rings is 1. The highest BCUT2D eigenvalue weighted by Gasteiger charge is 2.26. The zero-order chi connectivity index (χ0) is 21.0. The van der Waals surface area contributed by atoms with Gasteiger partial charge in [-0.15, -0.1) is 11.3 Å². The molecular weight excluding hydrogens is 412 g/mol. The van der Waals surface area contributed by atoms with Gasteiger partial charge in [0.2, 0.25) is 0 Å². The number of rotatable bonds is 6. The Hall–Kier alpha value is -2.12. The molecule has 0 aliphatic heterocycles. The summed E-state index contributed by atoms with van der Waals surface area (Å²) in [6, 6.07) is 7.55. The molecule has 1 heterocycles. The molecule has 0 bridgehead atoms. The summed E-state index contributed by atoms with van der Waals surface area (Å²) in [5.41, 5.74) is 0. The molecule has 1 aliphatic rings. The fraction of sp³-hybridized carbons (Fsp3) is 0.476. The monoisotopic (exact) mass is 436 g/mol. The number of ether oxygens (including phenoxy) is 1. The van der Waals surface area contributed by atoms with Crippen LogP contribution in [0.5, 0.6) is 0 Å². The van der Waals surface area contributed by atoms with Crippen LogP contribution >= 0.6 is 22.9 Å². The molecule has 6 nitrogen and oxygen atoms in total. The Morgan fingerprint density at radius 1 is 1.24 bits per heavy atom.